The molecule has 2 aromatic carbocycles. The molecule has 5 nitrogen and oxygen atoms in total. The molecule has 0 fully saturated rings. The largest absolute Gasteiger partial charge is 0.420 e. The zero-order valence-electron chi connectivity index (χ0n) is 16.6. The molecule has 0 saturated heterocycles. The van der Waals surface area contributed by atoms with E-state index in [0.29, 0.717) is 18.2 Å². The molecule has 0 aliphatic carbocycles. The van der Waals surface area contributed by atoms with E-state index in [1.807, 2.05) is 0 Å². The van der Waals surface area contributed by atoms with Crippen molar-refractivity contribution in [1.82, 2.24) is 0 Å². The molecular formula is C20H16F6N2O3S. The number of halogens is 6. The standard InChI is InChI=1S/C20H16F6N2O3S/c1-3-32(30,31)15-8-9-17(28-12(2)29)16(10-15)13-4-6-14(7-5-13)18(11-27,19(21,22)23)20(24,25)26/h4-10H,3H2,1-2H3,(H,28,29). The summed E-state index contributed by atoms with van der Waals surface area (Å²) in [6, 6.07) is 6.77. The first kappa shape index (κ1) is 25.2. The highest BCUT2D eigenvalue weighted by Gasteiger charge is 2.72. The number of rotatable bonds is 5. The fourth-order valence-corrected chi connectivity index (χ4v) is 3.91. The lowest BCUT2D eigenvalue weighted by atomic mass is 9.79. The van der Waals surface area contributed by atoms with Gasteiger partial charge in [-0.2, -0.15) is 31.6 Å². The quantitative estimate of drug-likeness (QED) is 0.614. The Morgan fingerprint density at radius 1 is 1.00 bits per heavy atom. The third-order valence-corrected chi connectivity index (χ3v) is 6.42. The van der Waals surface area contributed by atoms with Crippen LogP contribution in [-0.4, -0.2) is 32.4 Å². The third kappa shape index (κ3) is 4.43. The first-order chi connectivity index (χ1) is 14.6. The Hall–Kier alpha value is -3.07. The van der Waals surface area contributed by atoms with E-state index in [1.165, 1.54) is 19.1 Å². The molecular weight excluding hydrogens is 462 g/mol. The Morgan fingerprint density at radius 2 is 1.53 bits per heavy atom. The van der Waals surface area contributed by atoms with Gasteiger partial charge in [0.2, 0.25) is 5.91 Å². The molecule has 0 radical (unpaired) electrons. The Labute approximate surface area is 179 Å². The number of carbonyl (C=O) groups is 1. The van der Waals surface area contributed by atoms with Crippen LogP contribution in [0.25, 0.3) is 11.1 Å². The van der Waals surface area contributed by atoms with Crippen molar-refractivity contribution in [2.75, 3.05) is 11.1 Å². The Balaban J connectivity index is 2.72. The summed E-state index contributed by atoms with van der Waals surface area (Å²) in [6.07, 6.45) is -11.9. The van der Waals surface area contributed by atoms with Gasteiger partial charge in [0.15, 0.2) is 9.84 Å². The number of sulfone groups is 1. The fraction of sp³-hybridized carbons (Fsp3) is 0.300. The van der Waals surface area contributed by atoms with Crippen LogP contribution in [0.3, 0.4) is 0 Å². The molecule has 0 bridgehead atoms. The summed E-state index contributed by atoms with van der Waals surface area (Å²) in [5.74, 6) is -0.793. The van der Waals surface area contributed by atoms with Gasteiger partial charge in [-0.1, -0.05) is 31.2 Å². The summed E-state index contributed by atoms with van der Waals surface area (Å²) in [7, 11) is -3.70. The Bertz CT molecular complexity index is 1150. The molecule has 0 unspecified atom stereocenters. The SMILES string of the molecule is CCS(=O)(=O)c1ccc(NC(C)=O)c(-c2ccc(C(C#N)(C(F)(F)F)C(F)(F)F)cc2)c1. The monoisotopic (exact) mass is 478 g/mol. The minimum atomic E-state index is -5.95. The first-order valence-electron chi connectivity index (χ1n) is 8.90. The number of hydrogen-bond donors (Lipinski definition) is 1. The van der Waals surface area contributed by atoms with E-state index in [2.05, 4.69) is 5.32 Å². The smallest absolute Gasteiger partial charge is 0.326 e. The molecule has 2 aromatic rings. The molecule has 2 rings (SSSR count). The Morgan fingerprint density at radius 3 is 1.94 bits per heavy atom. The lowest BCUT2D eigenvalue weighted by Gasteiger charge is -2.31. The van der Waals surface area contributed by atoms with Crippen molar-refractivity contribution in [2.24, 2.45) is 0 Å². The summed E-state index contributed by atoms with van der Waals surface area (Å²) in [5.41, 5.74) is -5.91. The number of anilines is 1. The lowest BCUT2D eigenvalue weighted by Crippen LogP contribution is -2.52. The van der Waals surface area contributed by atoms with E-state index in [9.17, 15) is 39.6 Å². The molecule has 0 saturated carbocycles. The number of nitrogens with zero attached hydrogens (tertiary/aromatic N) is 1. The number of alkyl halides is 6. The van der Waals surface area contributed by atoms with E-state index < -0.39 is 39.1 Å². The van der Waals surface area contributed by atoms with Crippen molar-refractivity contribution in [3.05, 3.63) is 48.0 Å². The van der Waals surface area contributed by atoms with Crippen LogP contribution in [0, 0.1) is 11.3 Å². The number of nitrogens with one attached hydrogen (secondary N) is 1. The minimum Gasteiger partial charge on any atom is -0.326 e. The maximum atomic E-state index is 13.4. The minimum absolute atomic E-state index is 0.0295. The highest BCUT2D eigenvalue weighted by Crippen LogP contribution is 2.52. The number of benzene rings is 2. The van der Waals surface area contributed by atoms with Crippen molar-refractivity contribution < 1.29 is 39.6 Å². The van der Waals surface area contributed by atoms with E-state index in [0.717, 1.165) is 25.1 Å². The maximum absolute atomic E-state index is 13.4. The molecule has 0 aliphatic rings. The van der Waals surface area contributed by atoms with Gasteiger partial charge in [0.05, 0.1) is 16.7 Å². The average molecular weight is 478 g/mol. The summed E-state index contributed by atoms with van der Waals surface area (Å²) < 4.78 is 105. The van der Waals surface area contributed by atoms with Crippen LogP contribution in [0.15, 0.2) is 47.4 Å². The molecule has 0 heterocycles. The maximum Gasteiger partial charge on any atom is 0.420 e. The first-order valence-corrected chi connectivity index (χ1v) is 10.6. The Kier molecular flexibility index (Phi) is 6.66. The van der Waals surface area contributed by atoms with Crippen LogP contribution >= 0.6 is 0 Å². The third-order valence-electron chi connectivity index (χ3n) is 4.69. The van der Waals surface area contributed by atoms with Gasteiger partial charge in [0.1, 0.15) is 0 Å². The predicted molar refractivity (Wildman–Crippen MR) is 103 cm³/mol. The molecule has 1 N–H and O–H groups in total. The fourth-order valence-electron chi connectivity index (χ4n) is 3.00. The van der Waals surface area contributed by atoms with Gasteiger partial charge in [-0.15, -0.1) is 0 Å². The average Bonchev–Trinajstić information content (AvgIpc) is 2.67. The van der Waals surface area contributed by atoms with Crippen LogP contribution < -0.4 is 5.32 Å². The van der Waals surface area contributed by atoms with Crippen LogP contribution in [0.4, 0.5) is 32.0 Å². The van der Waals surface area contributed by atoms with Crippen molar-refractivity contribution in [1.29, 1.82) is 5.26 Å². The number of nitriles is 1. The second-order valence-electron chi connectivity index (χ2n) is 6.73. The summed E-state index contributed by atoms with van der Waals surface area (Å²) in [4.78, 5) is 11.3. The van der Waals surface area contributed by atoms with Crippen LogP contribution in [-0.2, 0) is 20.0 Å². The van der Waals surface area contributed by atoms with E-state index in [4.69, 9.17) is 5.26 Å². The van der Waals surface area contributed by atoms with Crippen molar-refractivity contribution in [3.63, 3.8) is 0 Å². The van der Waals surface area contributed by atoms with Crippen LogP contribution in [0.2, 0.25) is 0 Å². The summed E-state index contributed by atoms with van der Waals surface area (Å²) >= 11 is 0. The second kappa shape index (κ2) is 8.46. The molecule has 0 aromatic heterocycles. The van der Waals surface area contributed by atoms with Gasteiger partial charge < -0.3 is 5.32 Å². The van der Waals surface area contributed by atoms with E-state index in [1.54, 1.807) is 0 Å². The topological polar surface area (TPSA) is 87.0 Å². The van der Waals surface area contributed by atoms with Crippen molar-refractivity contribution in [3.8, 4) is 17.2 Å². The summed E-state index contributed by atoms with van der Waals surface area (Å²) in [5, 5.41) is 11.3. The zero-order chi connectivity index (χ0) is 24.5. The zero-order valence-corrected chi connectivity index (χ0v) is 17.4. The van der Waals surface area contributed by atoms with Gasteiger partial charge in [0, 0.05) is 18.2 Å². The molecule has 32 heavy (non-hydrogen) atoms. The molecule has 0 spiro atoms. The molecule has 0 aliphatic heterocycles. The van der Waals surface area contributed by atoms with Gasteiger partial charge in [-0.05, 0) is 29.3 Å². The normalized spacial score (nSPS) is 12.8. The molecule has 172 valence electrons. The highest BCUT2D eigenvalue weighted by molar-refractivity contribution is 7.91. The van der Waals surface area contributed by atoms with Crippen LogP contribution in [0.5, 0.6) is 0 Å². The highest BCUT2D eigenvalue weighted by atomic mass is 32.2. The van der Waals surface area contributed by atoms with Gasteiger partial charge in [-0.25, -0.2) is 8.42 Å². The van der Waals surface area contributed by atoms with Crippen molar-refractivity contribution in [2.45, 2.75) is 36.5 Å². The molecule has 12 heteroatoms. The van der Waals surface area contributed by atoms with Crippen molar-refractivity contribution >= 4 is 21.4 Å². The summed E-state index contributed by atoms with van der Waals surface area (Å²) in [6.45, 7) is 2.55. The van der Waals surface area contributed by atoms with E-state index in [-0.39, 0.29) is 27.5 Å². The predicted octanol–water partition coefficient (Wildman–Crippen LogP) is 4.99. The lowest BCUT2D eigenvalue weighted by molar-refractivity contribution is -0.283. The molecule has 1 amide bonds. The molecule has 0 atom stereocenters. The second-order valence-corrected chi connectivity index (χ2v) is 9.00. The number of hydrogen-bond acceptors (Lipinski definition) is 4. The van der Waals surface area contributed by atoms with Crippen LogP contribution in [0.1, 0.15) is 19.4 Å². The van der Waals surface area contributed by atoms with Gasteiger partial charge in [-0.3, -0.25) is 4.79 Å². The number of carbonyl (C=O) groups excluding carboxylic acids is 1. The van der Waals surface area contributed by atoms with Gasteiger partial charge >= 0.3 is 12.4 Å². The van der Waals surface area contributed by atoms with E-state index >= 15 is 0 Å². The number of amides is 1. The van der Waals surface area contributed by atoms with Gasteiger partial charge in [0.25, 0.3) is 5.41 Å².